The van der Waals surface area contributed by atoms with Gasteiger partial charge in [-0.3, -0.25) is 4.72 Å². The van der Waals surface area contributed by atoms with Gasteiger partial charge >= 0.3 is 0 Å². The van der Waals surface area contributed by atoms with Gasteiger partial charge in [0.1, 0.15) is 0 Å². The molecule has 1 aromatic carbocycles. The average molecular weight is 286 g/mol. The first-order valence-corrected chi connectivity index (χ1v) is 8.04. The molecule has 0 aliphatic carbocycles. The summed E-state index contributed by atoms with van der Waals surface area (Å²) >= 11 is 0. The number of methoxy groups -OCH3 is 1. The quantitative estimate of drug-likeness (QED) is 0.806. The van der Waals surface area contributed by atoms with Gasteiger partial charge in [-0.15, -0.1) is 0 Å². The molecule has 0 aliphatic heterocycles. The minimum absolute atomic E-state index is 0.179. The fraction of sp³-hybridized carbons (Fsp3) is 0.538. The molecule has 5 nitrogen and oxygen atoms in total. The molecule has 1 rings (SSSR count). The van der Waals surface area contributed by atoms with Gasteiger partial charge in [0, 0.05) is 12.8 Å². The number of sulfonamides is 1. The Morgan fingerprint density at radius 2 is 1.89 bits per heavy atom. The van der Waals surface area contributed by atoms with Crippen LogP contribution in [0.3, 0.4) is 0 Å². The molecule has 0 saturated heterocycles. The summed E-state index contributed by atoms with van der Waals surface area (Å²) in [7, 11) is -1.59. The van der Waals surface area contributed by atoms with Gasteiger partial charge < -0.3 is 10.1 Å². The summed E-state index contributed by atoms with van der Waals surface area (Å²) in [5, 5.41) is 3.35. The zero-order chi connectivity index (χ0) is 14.5. The highest BCUT2D eigenvalue weighted by atomic mass is 32.2. The Labute approximate surface area is 115 Å². The molecule has 0 saturated carbocycles. The van der Waals surface area contributed by atoms with E-state index in [0.29, 0.717) is 18.2 Å². The van der Waals surface area contributed by atoms with Crippen molar-refractivity contribution >= 4 is 21.4 Å². The third-order valence-electron chi connectivity index (χ3n) is 2.67. The van der Waals surface area contributed by atoms with E-state index in [1.165, 1.54) is 0 Å². The van der Waals surface area contributed by atoms with Crippen molar-refractivity contribution in [3.8, 4) is 0 Å². The van der Waals surface area contributed by atoms with Crippen molar-refractivity contribution in [3.05, 3.63) is 24.3 Å². The molecule has 0 aromatic heterocycles. The highest BCUT2D eigenvalue weighted by Gasteiger charge is 2.13. The first-order valence-electron chi connectivity index (χ1n) is 6.15. The number of hydrogen-bond donors (Lipinski definition) is 2. The molecule has 0 heterocycles. The summed E-state index contributed by atoms with van der Waals surface area (Å²) in [6.45, 7) is 4.81. The molecule has 0 radical (unpaired) electrons. The van der Waals surface area contributed by atoms with Gasteiger partial charge in [-0.1, -0.05) is 19.9 Å². The second kappa shape index (κ2) is 6.77. The molecule has 19 heavy (non-hydrogen) atoms. The van der Waals surface area contributed by atoms with Crippen LogP contribution in [0.2, 0.25) is 0 Å². The first kappa shape index (κ1) is 15.8. The lowest BCUT2D eigenvalue weighted by atomic mass is 10.1. The Bertz CT molecular complexity index is 500. The smallest absolute Gasteiger partial charge is 0.229 e. The van der Waals surface area contributed by atoms with Gasteiger partial charge in [0.05, 0.1) is 24.6 Å². The maximum absolute atomic E-state index is 11.2. The van der Waals surface area contributed by atoms with Crippen LogP contribution in [-0.4, -0.2) is 34.4 Å². The molecular formula is C13H22N2O3S. The van der Waals surface area contributed by atoms with E-state index in [2.05, 4.69) is 23.9 Å². The van der Waals surface area contributed by atoms with E-state index in [-0.39, 0.29) is 6.04 Å². The summed E-state index contributed by atoms with van der Waals surface area (Å²) in [4.78, 5) is 0. The van der Waals surface area contributed by atoms with Crippen molar-refractivity contribution in [2.75, 3.05) is 30.0 Å². The number of anilines is 2. The third-order valence-corrected chi connectivity index (χ3v) is 3.28. The van der Waals surface area contributed by atoms with Crippen LogP contribution in [0.4, 0.5) is 11.4 Å². The van der Waals surface area contributed by atoms with Crippen molar-refractivity contribution in [2.45, 2.75) is 19.9 Å². The summed E-state index contributed by atoms with van der Waals surface area (Å²) in [5.74, 6) is 0.409. The molecule has 0 fully saturated rings. The summed E-state index contributed by atoms with van der Waals surface area (Å²) in [6, 6.07) is 7.37. The Morgan fingerprint density at radius 3 is 2.42 bits per heavy atom. The van der Waals surface area contributed by atoms with Crippen molar-refractivity contribution in [1.82, 2.24) is 0 Å². The molecule has 1 aromatic rings. The van der Waals surface area contributed by atoms with Crippen molar-refractivity contribution in [3.63, 3.8) is 0 Å². The summed E-state index contributed by atoms with van der Waals surface area (Å²) in [6.07, 6.45) is 1.13. The van der Waals surface area contributed by atoms with Crippen molar-refractivity contribution in [2.24, 2.45) is 5.92 Å². The van der Waals surface area contributed by atoms with E-state index >= 15 is 0 Å². The van der Waals surface area contributed by atoms with Crippen molar-refractivity contribution in [1.29, 1.82) is 0 Å². The first-order chi connectivity index (χ1) is 8.81. The highest BCUT2D eigenvalue weighted by molar-refractivity contribution is 7.92. The van der Waals surface area contributed by atoms with E-state index in [1.807, 2.05) is 6.07 Å². The average Bonchev–Trinajstić information content (AvgIpc) is 2.26. The number of nitrogens with one attached hydrogen (secondary N) is 2. The number of hydrogen-bond acceptors (Lipinski definition) is 4. The van der Waals surface area contributed by atoms with Crippen LogP contribution in [-0.2, 0) is 14.8 Å². The Kier molecular flexibility index (Phi) is 5.62. The highest BCUT2D eigenvalue weighted by Crippen LogP contribution is 2.18. The van der Waals surface area contributed by atoms with E-state index in [0.717, 1.165) is 11.9 Å². The maximum atomic E-state index is 11.2. The Morgan fingerprint density at radius 1 is 1.26 bits per heavy atom. The Balaban J connectivity index is 2.81. The van der Waals surface area contributed by atoms with Crippen LogP contribution in [0.15, 0.2) is 24.3 Å². The van der Waals surface area contributed by atoms with Gasteiger partial charge in [0.2, 0.25) is 10.0 Å². The molecule has 0 spiro atoms. The van der Waals surface area contributed by atoms with Gasteiger partial charge in [0.25, 0.3) is 0 Å². The van der Waals surface area contributed by atoms with Crippen LogP contribution in [0.1, 0.15) is 13.8 Å². The van der Waals surface area contributed by atoms with Gasteiger partial charge in [0.15, 0.2) is 0 Å². The van der Waals surface area contributed by atoms with Gasteiger partial charge in [-0.25, -0.2) is 8.42 Å². The minimum atomic E-state index is -3.25. The molecule has 0 bridgehead atoms. The fourth-order valence-corrected chi connectivity index (χ4v) is 2.24. The molecule has 0 amide bonds. The van der Waals surface area contributed by atoms with Gasteiger partial charge in [-0.05, 0) is 24.1 Å². The minimum Gasteiger partial charge on any atom is -0.383 e. The summed E-state index contributed by atoms with van der Waals surface area (Å²) < 4.78 is 30.0. The molecule has 0 aliphatic rings. The van der Waals surface area contributed by atoms with Crippen LogP contribution in [0.5, 0.6) is 0 Å². The lowest BCUT2D eigenvalue weighted by Gasteiger charge is -2.23. The second-order valence-electron chi connectivity index (χ2n) is 4.91. The molecular weight excluding hydrogens is 264 g/mol. The molecule has 1 unspecified atom stereocenters. The van der Waals surface area contributed by atoms with E-state index in [4.69, 9.17) is 4.74 Å². The zero-order valence-electron chi connectivity index (χ0n) is 11.8. The molecule has 108 valence electrons. The lowest BCUT2D eigenvalue weighted by molar-refractivity contribution is 0.171. The summed E-state index contributed by atoms with van der Waals surface area (Å²) in [5.41, 5.74) is 1.41. The Hall–Kier alpha value is -1.27. The second-order valence-corrected chi connectivity index (χ2v) is 6.65. The maximum Gasteiger partial charge on any atom is 0.229 e. The fourth-order valence-electron chi connectivity index (χ4n) is 1.68. The van der Waals surface area contributed by atoms with E-state index in [1.54, 1.807) is 25.3 Å². The number of benzene rings is 1. The van der Waals surface area contributed by atoms with E-state index in [9.17, 15) is 8.42 Å². The molecule has 1 atom stereocenters. The number of rotatable bonds is 7. The monoisotopic (exact) mass is 286 g/mol. The predicted molar refractivity (Wildman–Crippen MR) is 79.0 cm³/mol. The van der Waals surface area contributed by atoms with Gasteiger partial charge in [-0.2, -0.15) is 0 Å². The number of ether oxygens (including phenoxy) is 1. The molecule has 6 heteroatoms. The van der Waals surface area contributed by atoms with Crippen LogP contribution >= 0.6 is 0 Å². The lowest BCUT2D eigenvalue weighted by Crippen LogP contribution is -2.30. The van der Waals surface area contributed by atoms with Crippen LogP contribution < -0.4 is 10.0 Å². The normalized spacial score (nSPS) is 13.3. The van der Waals surface area contributed by atoms with Crippen molar-refractivity contribution < 1.29 is 13.2 Å². The third kappa shape index (κ3) is 5.94. The standard InChI is InChI=1S/C13H22N2O3S/c1-10(2)13(9-18-3)14-11-6-5-7-12(8-11)15-19(4,16)17/h5-8,10,13-15H,9H2,1-4H3. The van der Waals surface area contributed by atoms with Crippen LogP contribution in [0.25, 0.3) is 0 Å². The predicted octanol–water partition coefficient (Wildman–Crippen LogP) is 2.14. The SMILES string of the molecule is COCC(Nc1cccc(NS(C)(=O)=O)c1)C(C)C. The molecule has 2 N–H and O–H groups in total. The van der Waals surface area contributed by atoms with Crippen LogP contribution in [0, 0.1) is 5.92 Å². The van der Waals surface area contributed by atoms with E-state index < -0.39 is 10.0 Å². The zero-order valence-corrected chi connectivity index (χ0v) is 12.6. The largest absolute Gasteiger partial charge is 0.383 e. The topological polar surface area (TPSA) is 67.4 Å².